The zero-order valence-electron chi connectivity index (χ0n) is 7.94. The Labute approximate surface area is 102 Å². The number of rotatable bonds is 4. The third-order valence-corrected chi connectivity index (χ3v) is 4.36. The molecule has 0 aromatic carbocycles. The van der Waals surface area contributed by atoms with Crippen molar-refractivity contribution in [3.8, 4) is 0 Å². The van der Waals surface area contributed by atoms with Crippen LogP contribution in [0.1, 0.15) is 15.8 Å². The highest BCUT2D eigenvalue weighted by molar-refractivity contribution is 7.16. The van der Waals surface area contributed by atoms with Gasteiger partial charge in [-0.15, -0.1) is 22.7 Å². The zero-order chi connectivity index (χ0) is 10.7. The van der Waals surface area contributed by atoms with Gasteiger partial charge in [0.25, 0.3) is 0 Å². The van der Waals surface area contributed by atoms with E-state index in [2.05, 4.69) is 16.9 Å². The van der Waals surface area contributed by atoms with Crippen molar-refractivity contribution in [2.24, 2.45) is 5.84 Å². The molecule has 0 aliphatic rings. The van der Waals surface area contributed by atoms with Crippen molar-refractivity contribution in [2.75, 3.05) is 0 Å². The smallest absolute Gasteiger partial charge is 0.0931 e. The van der Waals surface area contributed by atoms with E-state index >= 15 is 0 Å². The molecule has 15 heavy (non-hydrogen) atoms. The monoisotopic (exact) mass is 258 g/mol. The molecular weight excluding hydrogens is 248 g/mol. The summed E-state index contributed by atoms with van der Waals surface area (Å²) in [6.07, 6.45) is 0.883. The van der Waals surface area contributed by atoms with Crippen molar-refractivity contribution in [3.05, 3.63) is 43.7 Å². The molecule has 0 radical (unpaired) electrons. The zero-order valence-corrected chi connectivity index (χ0v) is 10.3. The van der Waals surface area contributed by atoms with E-state index in [0.29, 0.717) is 0 Å². The minimum Gasteiger partial charge on any atom is -0.271 e. The van der Waals surface area contributed by atoms with E-state index in [-0.39, 0.29) is 6.04 Å². The lowest BCUT2D eigenvalue weighted by molar-refractivity contribution is 0.564. The molecule has 1 unspecified atom stereocenters. The molecule has 5 heteroatoms. The number of nitrogens with two attached hydrogens (primary N) is 1. The highest BCUT2D eigenvalue weighted by atomic mass is 35.5. The Morgan fingerprint density at radius 1 is 1.40 bits per heavy atom. The molecule has 1 atom stereocenters. The van der Waals surface area contributed by atoms with Crippen LogP contribution in [-0.2, 0) is 6.42 Å². The lowest BCUT2D eigenvalue weighted by atomic mass is 10.1. The number of hydrogen-bond donors (Lipinski definition) is 2. The van der Waals surface area contributed by atoms with Gasteiger partial charge in [-0.25, -0.2) is 0 Å². The molecule has 2 aromatic heterocycles. The average Bonchev–Trinajstić information content (AvgIpc) is 2.85. The van der Waals surface area contributed by atoms with Gasteiger partial charge in [-0.3, -0.25) is 11.3 Å². The topological polar surface area (TPSA) is 38.0 Å². The molecule has 0 aliphatic heterocycles. The van der Waals surface area contributed by atoms with Gasteiger partial charge in [0.2, 0.25) is 0 Å². The molecule has 0 bridgehead atoms. The van der Waals surface area contributed by atoms with Gasteiger partial charge in [0, 0.05) is 16.2 Å². The van der Waals surface area contributed by atoms with Crippen molar-refractivity contribution >= 4 is 34.3 Å². The molecule has 0 saturated heterocycles. The van der Waals surface area contributed by atoms with Crippen molar-refractivity contribution in [1.29, 1.82) is 0 Å². The SMILES string of the molecule is NNC(Cc1ccc(Cl)s1)c1cccs1. The molecule has 0 spiro atoms. The highest BCUT2D eigenvalue weighted by Crippen LogP contribution is 2.27. The predicted octanol–water partition coefficient (Wildman–Crippen LogP) is 3.21. The van der Waals surface area contributed by atoms with Crippen LogP contribution in [0.4, 0.5) is 0 Å². The van der Waals surface area contributed by atoms with E-state index in [1.54, 1.807) is 22.7 Å². The van der Waals surface area contributed by atoms with Crippen LogP contribution in [0.5, 0.6) is 0 Å². The van der Waals surface area contributed by atoms with E-state index in [1.165, 1.54) is 9.75 Å². The summed E-state index contributed by atoms with van der Waals surface area (Å²) in [6.45, 7) is 0. The Balaban J connectivity index is 2.09. The van der Waals surface area contributed by atoms with Crippen LogP contribution in [0.3, 0.4) is 0 Å². The molecule has 0 fully saturated rings. The standard InChI is InChI=1S/C10H11ClN2S2/c11-10-4-3-7(15-10)6-8(13-12)9-2-1-5-14-9/h1-5,8,13H,6,12H2. The van der Waals surface area contributed by atoms with Crippen LogP contribution >= 0.6 is 34.3 Å². The number of halogens is 1. The summed E-state index contributed by atoms with van der Waals surface area (Å²) in [5, 5.41) is 2.06. The molecule has 0 saturated carbocycles. The minimum absolute atomic E-state index is 0.180. The fourth-order valence-corrected chi connectivity index (χ4v) is 3.31. The van der Waals surface area contributed by atoms with E-state index in [4.69, 9.17) is 17.4 Å². The lowest BCUT2D eigenvalue weighted by Gasteiger charge is -2.12. The van der Waals surface area contributed by atoms with Crippen LogP contribution in [-0.4, -0.2) is 0 Å². The second-order valence-corrected chi connectivity index (χ2v) is 5.92. The summed E-state index contributed by atoms with van der Waals surface area (Å²) in [7, 11) is 0. The molecule has 2 nitrogen and oxygen atoms in total. The van der Waals surface area contributed by atoms with Gasteiger partial charge >= 0.3 is 0 Å². The third-order valence-electron chi connectivity index (χ3n) is 2.12. The number of hydrazine groups is 1. The molecule has 2 rings (SSSR count). The summed E-state index contributed by atoms with van der Waals surface area (Å²) in [6, 6.07) is 8.27. The summed E-state index contributed by atoms with van der Waals surface area (Å²) >= 11 is 9.20. The van der Waals surface area contributed by atoms with Crippen LogP contribution < -0.4 is 11.3 Å². The quantitative estimate of drug-likeness (QED) is 0.653. The summed E-state index contributed by atoms with van der Waals surface area (Å²) in [5.74, 6) is 5.55. The minimum atomic E-state index is 0.180. The van der Waals surface area contributed by atoms with E-state index < -0.39 is 0 Å². The van der Waals surface area contributed by atoms with Gasteiger partial charge in [-0.2, -0.15) is 0 Å². The van der Waals surface area contributed by atoms with Gasteiger partial charge in [0.15, 0.2) is 0 Å². The normalized spacial score (nSPS) is 12.9. The fourth-order valence-electron chi connectivity index (χ4n) is 1.39. The van der Waals surface area contributed by atoms with Crippen molar-refractivity contribution in [2.45, 2.75) is 12.5 Å². The first-order valence-corrected chi connectivity index (χ1v) is 6.61. The van der Waals surface area contributed by atoms with Crippen LogP contribution in [0.2, 0.25) is 4.34 Å². The average molecular weight is 259 g/mol. The maximum atomic E-state index is 5.88. The second kappa shape index (κ2) is 5.09. The molecule has 2 heterocycles. The van der Waals surface area contributed by atoms with Gasteiger partial charge in [-0.1, -0.05) is 17.7 Å². The van der Waals surface area contributed by atoms with Crippen molar-refractivity contribution < 1.29 is 0 Å². The van der Waals surface area contributed by atoms with Gasteiger partial charge in [0.1, 0.15) is 0 Å². The number of hydrogen-bond acceptors (Lipinski definition) is 4. The fraction of sp³-hybridized carbons (Fsp3) is 0.200. The third kappa shape index (κ3) is 2.80. The van der Waals surface area contributed by atoms with Gasteiger partial charge in [-0.05, 0) is 23.6 Å². The first-order chi connectivity index (χ1) is 7.29. The molecule has 3 N–H and O–H groups in total. The van der Waals surface area contributed by atoms with Gasteiger partial charge in [0.05, 0.1) is 10.4 Å². The maximum Gasteiger partial charge on any atom is 0.0931 e. The summed E-state index contributed by atoms with van der Waals surface area (Å²) in [4.78, 5) is 2.50. The second-order valence-electron chi connectivity index (χ2n) is 3.14. The molecule has 80 valence electrons. The molecular formula is C10H11ClN2S2. The Bertz CT molecular complexity index is 411. The summed E-state index contributed by atoms with van der Waals surface area (Å²) < 4.78 is 0.826. The van der Waals surface area contributed by atoms with Crippen molar-refractivity contribution in [1.82, 2.24) is 5.43 Å². The first kappa shape index (κ1) is 11.1. The molecule has 0 aliphatic carbocycles. The summed E-state index contributed by atoms with van der Waals surface area (Å²) in [5.41, 5.74) is 2.84. The van der Waals surface area contributed by atoms with Gasteiger partial charge < -0.3 is 0 Å². The Hall–Kier alpha value is -0.390. The number of thiophene rings is 2. The van der Waals surface area contributed by atoms with E-state index in [0.717, 1.165) is 10.8 Å². The Kier molecular flexibility index (Phi) is 3.77. The predicted molar refractivity (Wildman–Crippen MR) is 67.4 cm³/mol. The van der Waals surface area contributed by atoms with Crippen molar-refractivity contribution in [3.63, 3.8) is 0 Å². The van der Waals surface area contributed by atoms with Crippen LogP contribution in [0.15, 0.2) is 29.6 Å². The highest BCUT2D eigenvalue weighted by Gasteiger charge is 2.12. The molecule has 2 aromatic rings. The Morgan fingerprint density at radius 2 is 2.27 bits per heavy atom. The lowest BCUT2D eigenvalue weighted by Crippen LogP contribution is -2.28. The van der Waals surface area contributed by atoms with Crippen LogP contribution in [0, 0.1) is 0 Å². The first-order valence-electron chi connectivity index (χ1n) is 4.53. The maximum absolute atomic E-state index is 5.88. The molecule has 0 amide bonds. The van der Waals surface area contributed by atoms with E-state index in [9.17, 15) is 0 Å². The van der Waals surface area contributed by atoms with Crippen LogP contribution in [0.25, 0.3) is 0 Å². The number of nitrogens with one attached hydrogen (secondary N) is 1. The van der Waals surface area contributed by atoms with E-state index in [1.807, 2.05) is 18.2 Å². The Morgan fingerprint density at radius 3 is 2.80 bits per heavy atom. The largest absolute Gasteiger partial charge is 0.271 e.